The lowest BCUT2D eigenvalue weighted by Crippen LogP contribution is -2.47. The number of benzene rings is 1. The summed E-state index contributed by atoms with van der Waals surface area (Å²) in [7, 11) is 0. The number of nitrogens with zero attached hydrogens (tertiary/aromatic N) is 1. The molecule has 1 saturated carbocycles. The summed E-state index contributed by atoms with van der Waals surface area (Å²) in [6.45, 7) is 6.26. The van der Waals surface area contributed by atoms with E-state index in [1.54, 1.807) is 6.92 Å². The summed E-state index contributed by atoms with van der Waals surface area (Å²) in [4.78, 5) is 14.7. The van der Waals surface area contributed by atoms with Gasteiger partial charge in [-0.25, -0.2) is 4.79 Å². The molecule has 1 aliphatic rings. The van der Waals surface area contributed by atoms with Crippen LogP contribution in [0.1, 0.15) is 57.1 Å². The van der Waals surface area contributed by atoms with Gasteiger partial charge in [0, 0.05) is 18.3 Å². The summed E-state index contributed by atoms with van der Waals surface area (Å²) in [5.74, 6) is 0. The standard InChI is InChI=1S/C19H30N2O2/c1-4-16-10-8-9-14(2)18(16)20-19(23)21(13-15(3)22)17-11-6-5-7-12-17/h8-10,15,17,22H,4-7,11-13H2,1-3H3,(H,20,23). The molecule has 1 fully saturated rings. The fourth-order valence-electron chi connectivity index (χ4n) is 3.46. The Labute approximate surface area is 139 Å². The first kappa shape index (κ1) is 17.8. The van der Waals surface area contributed by atoms with E-state index in [1.165, 1.54) is 19.3 Å². The van der Waals surface area contributed by atoms with E-state index in [1.807, 2.05) is 24.0 Å². The van der Waals surface area contributed by atoms with Crippen LogP contribution in [0.2, 0.25) is 0 Å². The van der Waals surface area contributed by atoms with Crippen molar-refractivity contribution in [2.24, 2.45) is 0 Å². The molecule has 4 nitrogen and oxygen atoms in total. The van der Waals surface area contributed by atoms with Crippen LogP contribution >= 0.6 is 0 Å². The molecular weight excluding hydrogens is 288 g/mol. The zero-order valence-electron chi connectivity index (χ0n) is 14.6. The SMILES string of the molecule is CCc1cccc(C)c1NC(=O)N(CC(C)O)C1CCCCC1. The summed E-state index contributed by atoms with van der Waals surface area (Å²) < 4.78 is 0. The van der Waals surface area contributed by atoms with Crippen molar-refractivity contribution in [3.63, 3.8) is 0 Å². The molecule has 23 heavy (non-hydrogen) atoms. The van der Waals surface area contributed by atoms with Gasteiger partial charge in [-0.3, -0.25) is 0 Å². The average molecular weight is 318 g/mol. The maximum atomic E-state index is 12.9. The van der Waals surface area contributed by atoms with Gasteiger partial charge in [0.25, 0.3) is 0 Å². The Morgan fingerprint density at radius 1 is 1.35 bits per heavy atom. The molecule has 4 heteroatoms. The van der Waals surface area contributed by atoms with Gasteiger partial charge in [-0.1, -0.05) is 44.4 Å². The number of aryl methyl sites for hydroxylation is 2. The van der Waals surface area contributed by atoms with E-state index in [9.17, 15) is 9.90 Å². The molecule has 1 atom stereocenters. The van der Waals surface area contributed by atoms with Crippen molar-refractivity contribution in [2.45, 2.75) is 71.4 Å². The van der Waals surface area contributed by atoms with Gasteiger partial charge in [0.2, 0.25) is 0 Å². The first-order valence-corrected chi connectivity index (χ1v) is 8.87. The van der Waals surface area contributed by atoms with Crippen molar-refractivity contribution >= 4 is 11.7 Å². The Morgan fingerprint density at radius 3 is 2.65 bits per heavy atom. The van der Waals surface area contributed by atoms with Gasteiger partial charge in [0.15, 0.2) is 0 Å². The van der Waals surface area contributed by atoms with E-state index in [-0.39, 0.29) is 12.1 Å². The molecule has 0 aromatic heterocycles. The molecule has 0 radical (unpaired) electrons. The van der Waals surface area contributed by atoms with Gasteiger partial charge in [0.1, 0.15) is 0 Å². The molecule has 1 aliphatic carbocycles. The van der Waals surface area contributed by atoms with Crippen molar-refractivity contribution < 1.29 is 9.90 Å². The quantitative estimate of drug-likeness (QED) is 0.858. The van der Waals surface area contributed by atoms with Gasteiger partial charge >= 0.3 is 6.03 Å². The van der Waals surface area contributed by atoms with E-state index in [2.05, 4.69) is 18.3 Å². The molecule has 1 aromatic rings. The monoisotopic (exact) mass is 318 g/mol. The summed E-state index contributed by atoms with van der Waals surface area (Å²) in [5, 5.41) is 12.9. The Kier molecular flexibility index (Phi) is 6.46. The molecule has 0 aliphatic heterocycles. The summed E-state index contributed by atoms with van der Waals surface area (Å²) in [5.41, 5.74) is 3.16. The number of urea groups is 1. The molecule has 0 bridgehead atoms. The lowest BCUT2D eigenvalue weighted by Gasteiger charge is -2.35. The van der Waals surface area contributed by atoms with Gasteiger partial charge < -0.3 is 15.3 Å². The molecule has 2 rings (SSSR count). The fourth-order valence-corrected chi connectivity index (χ4v) is 3.46. The van der Waals surface area contributed by atoms with Crippen LogP contribution in [-0.4, -0.2) is 34.7 Å². The van der Waals surface area contributed by atoms with Crippen molar-refractivity contribution in [3.05, 3.63) is 29.3 Å². The highest BCUT2D eigenvalue weighted by atomic mass is 16.3. The highest BCUT2D eigenvalue weighted by molar-refractivity contribution is 5.91. The predicted octanol–water partition coefficient (Wildman–Crippen LogP) is 4.10. The first-order valence-electron chi connectivity index (χ1n) is 8.87. The third-order valence-electron chi connectivity index (χ3n) is 4.71. The number of nitrogens with one attached hydrogen (secondary N) is 1. The number of aliphatic hydroxyl groups is 1. The van der Waals surface area contributed by atoms with Gasteiger partial charge in [0.05, 0.1) is 6.10 Å². The van der Waals surface area contributed by atoms with Crippen LogP contribution < -0.4 is 5.32 Å². The zero-order chi connectivity index (χ0) is 16.8. The van der Waals surface area contributed by atoms with Gasteiger partial charge in [-0.05, 0) is 44.2 Å². The van der Waals surface area contributed by atoms with Gasteiger partial charge in [-0.15, -0.1) is 0 Å². The van der Waals surface area contributed by atoms with Crippen LogP contribution in [0.25, 0.3) is 0 Å². The van der Waals surface area contributed by atoms with Crippen LogP contribution in [0.3, 0.4) is 0 Å². The highest BCUT2D eigenvalue weighted by Crippen LogP contribution is 2.25. The lowest BCUT2D eigenvalue weighted by atomic mass is 9.94. The third-order valence-corrected chi connectivity index (χ3v) is 4.71. The van der Waals surface area contributed by atoms with Gasteiger partial charge in [-0.2, -0.15) is 0 Å². The topological polar surface area (TPSA) is 52.6 Å². The molecule has 0 heterocycles. The number of hydrogen-bond acceptors (Lipinski definition) is 2. The van der Waals surface area contributed by atoms with Crippen LogP contribution in [-0.2, 0) is 6.42 Å². The number of anilines is 1. The zero-order valence-corrected chi connectivity index (χ0v) is 14.6. The Balaban J connectivity index is 2.17. The van der Waals surface area contributed by atoms with E-state index in [0.717, 1.165) is 36.1 Å². The molecule has 1 unspecified atom stereocenters. The number of carbonyl (C=O) groups excluding carboxylic acids is 1. The second-order valence-corrected chi connectivity index (χ2v) is 6.69. The minimum Gasteiger partial charge on any atom is -0.392 e. The predicted molar refractivity (Wildman–Crippen MR) is 94.8 cm³/mol. The average Bonchev–Trinajstić information content (AvgIpc) is 2.55. The minimum atomic E-state index is -0.509. The minimum absolute atomic E-state index is 0.0817. The van der Waals surface area contributed by atoms with Crippen LogP contribution in [0, 0.1) is 6.92 Å². The molecule has 128 valence electrons. The number of aliphatic hydroxyl groups excluding tert-OH is 1. The van der Waals surface area contributed by atoms with E-state index in [4.69, 9.17) is 0 Å². The summed E-state index contributed by atoms with van der Waals surface area (Å²) >= 11 is 0. The van der Waals surface area contributed by atoms with E-state index < -0.39 is 6.10 Å². The molecule has 2 amide bonds. The Hall–Kier alpha value is -1.55. The molecule has 0 spiro atoms. The first-order chi connectivity index (χ1) is 11.0. The number of hydrogen-bond donors (Lipinski definition) is 2. The van der Waals surface area contributed by atoms with Crippen LogP contribution in [0.4, 0.5) is 10.5 Å². The van der Waals surface area contributed by atoms with E-state index in [0.29, 0.717) is 6.54 Å². The Bertz CT molecular complexity index is 522. The van der Waals surface area contributed by atoms with Crippen molar-refractivity contribution in [1.29, 1.82) is 0 Å². The van der Waals surface area contributed by atoms with E-state index >= 15 is 0 Å². The van der Waals surface area contributed by atoms with Crippen molar-refractivity contribution in [2.75, 3.05) is 11.9 Å². The number of rotatable bonds is 5. The largest absolute Gasteiger partial charge is 0.392 e. The fraction of sp³-hybridized carbons (Fsp3) is 0.632. The highest BCUT2D eigenvalue weighted by Gasteiger charge is 2.27. The third kappa shape index (κ3) is 4.71. The normalized spacial score (nSPS) is 16.9. The second-order valence-electron chi connectivity index (χ2n) is 6.69. The molecular formula is C19H30N2O2. The smallest absolute Gasteiger partial charge is 0.322 e. The maximum Gasteiger partial charge on any atom is 0.322 e. The molecule has 2 N–H and O–H groups in total. The van der Waals surface area contributed by atoms with Crippen molar-refractivity contribution in [1.82, 2.24) is 4.90 Å². The second kappa shape index (κ2) is 8.34. The Morgan fingerprint density at radius 2 is 2.04 bits per heavy atom. The number of carbonyl (C=O) groups is 1. The number of para-hydroxylation sites is 1. The van der Waals surface area contributed by atoms with Crippen LogP contribution in [0.5, 0.6) is 0 Å². The van der Waals surface area contributed by atoms with Crippen LogP contribution in [0.15, 0.2) is 18.2 Å². The van der Waals surface area contributed by atoms with Crippen molar-refractivity contribution in [3.8, 4) is 0 Å². The molecule has 0 saturated heterocycles. The summed E-state index contributed by atoms with van der Waals surface area (Å²) in [6.07, 6.45) is 6.03. The summed E-state index contributed by atoms with van der Waals surface area (Å²) in [6, 6.07) is 6.27. The maximum absolute atomic E-state index is 12.9. The number of amides is 2. The lowest BCUT2D eigenvalue weighted by molar-refractivity contribution is 0.105. The molecule has 1 aromatic carbocycles.